The number of rotatable bonds is 5. The molecular formula is C24H24ClNO4. The zero-order chi connectivity index (χ0) is 21.3. The number of ether oxygens (including phenoxy) is 2. The highest BCUT2D eigenvalue weighted by atomic mass is 35.5. The van der Waals surface area contributed by atoms with Gasteiger partial charge in [-0.25, -0.2) is 0 Å². The summed E-state index contributed by atoms with van der Waals surface area (Å²) in [4.78, 5) is 25.7. The summed E-state index contributed by atoms with van der Waals surface area (Å²) in [6.07, 6.45) is 1.20. The normalized spacial score (nSPS) is 21.2. The van der Waals surface area contributed by atoms with Gasteiger partial charge in [0, 0.05) is 35.1 Å². The van der Waals surface area contributed by atoms with Crippen LogP contribution in [0.1, 0.15) is 49.1 Å². The molecule has 0 radical (unpaired) electrons. The Morgan fingerprint density at radius 3 is 2.60 bits per heavy atom. The Morgan fingerprint density at radius 1 is 1.07 bits per heavy atom. The second-order valence-electron chi connectivity index (χ2n) is 7.59. The smallest absolute Gasteiger partial charge is 0.225 e. The Kier molecular flexibility index (Phi) is 5.82. The van der Waals surface area contributed by atoms with Gasteiger partial charge in [0.25, 0.3) is 0 Å². The van der Waals surface area contributed by atoms with E-state index < -0.39 is 0 Å². The molecule has 0 aromatic heterocycles. The van der Waals surface area contributed by atoms with Crippen molar-refractivity contribution < 1.29 is 19.1 Å². The van der Waals surface area contributed by atoms with Gasteiger partial charge in [-0.15, -0.1) is 0 Å². The number of hydrogen-bond donors (Lipinski definition) is 1. The molecule has 0 saturated carbocycles. The summed E-state index contributed by atoms with van der Waals surface area (Å²) in [6.45, 7) is 2.46. The summed E-state index contributed by atoms with van der Waals surface area (Å²) in [5.41, 5.74) is 3.22. The van der Waals surface area contributed by atoms with E-state index in [1.54, 1.807) is 13.2 Å². The summed E-state index contributed by atoms with van der Waals surface area (Å²) >= 11 is 6.39. The average molecular weight is 426 g/mol. The number of hydrogen-bond acceptors (Lipinski definition) is 4. The second kappa shape index (κ2) is 8.52. The molecule has 30 heavy (non-hydrogen) atoms. The number of methoxy groups -OCH3 is 1. The van der Waals surface area contributed by atoms with E-state index in [4.69, 9.17) is 21.1 Å². The van der Waals surface area contributed by atoms with Crippen LogP contribution >= 0.6 is 11.6 Å². The summed E-state index contributed by atoms with van der Waals surface area (Å²) in [5, 5.41) is 3.53. The minimum absolute atomic E-state index is 0.0360. The van der Waals surface area contributed by atoms with Crippen LogP contribution in [0.25, 0.3) is 0 Å². The predicted molar refractivity (Wildman–Crippen MR) is 115 cm³/mol. The van der Waals surface area contributed by atoms with Gasteiger partial charge in [0.1, 0.15) is 0 Å². The lowest BCUT2D eigenvalue weighted by molar-refractivity contribution is -0.122. The molecule has 5 nitrogen and oxygen atoms in total. The number of halogens is 1. The van der Waals surface area contributed by atoms with Gasteiger partial charge >= 0.3 is 0 Å². The third kappa shape index (κ3) is 3.82. The molecule has 2 aromatic carbocycles. The molecule has 2 aliphatic rings. The highest BCUT2D eigenvalue weighted by Gasteiger charge is 2.38. The van der Waals surface area contributed by atoms with E-state index in [1.807, 2.05) is 43.3 Å². The van der Waals surface area contributed by atoms with Gasteiger partial charge < -0.3 is 14.8 Å². The van der Waals surface area contributed by atoms with Crippen molar-refractivity contribution in [2.45, 2.75) is 38.0 Å². The van der Waals surface area contributed by atoms with E-state index in [2.05, 4.69) is 5.32 Å². The molecular weight excluding hydrogens is 402 g/mol. The monoisotopic (exact) mass is 425 g/mol. The maximum atomic E-state index is 13.2. The number of nitrogens with one attached hydrogen (secondary N) is 1. The number of ketones is 1. The second-order valence-corrected chi connectivity index (χ2v) is 8.00. The van der Waals surface area contributed by atoms with E-state index in [1.165, 1.54) is 0 Å². The third-order valence-corrected chi connectivity index (χ3v) is 6.12. The molecule has 156 valence electrons. The van der Waals surface area contributed by atoms with Crippen LogP contribution in [-0.4, -0.2) is 25.4 Å². The Morgan fingerprint density at radius 2 is 1.87 bits per heavy atom. The van der Waals surface area contributed by atoms with Gasteiger partial charge in [0.05, 0.1) is 13.7 Å². The number of amides is 1. The molecule has 0 bridgehead atoms. The highest BCUT2D eigenvalue weighted by molar-refractivity contribution is 6.31. The highest BCUT2D eigenvalue weighted by Crippen LogP contribution is 2.44. The fraction of sp³-hybridized carbons (Fsp3) is 0.333. The van der Waals surface area contributed by atoms with Crippen LogP contribution in [0, 0.1) is 0 Å². The van der Waals surface area contributed by atoms with Gasteiger partial charge in [-0.2, -0.15) is 0 Å². The minimum atomic E-state index is -0.300. The predicted octanol–water partition coefficient (Wildman–Crippen LogP) is 4.75. The Balaban J connectivity index is 1.69. The number of carbonyl (C=O) groups excluding carboxylic acids is 2. The fourth-order valence-electron chi connectivity index (χ4n) is 4.43. The largest absolute Gasteiger partial charge is 0.493 e. The Labute approximate surface area is 181 Å². The van der Waals surface area contributed by atoms with E-state index in [0.717, 1.165) is 11.1 Å². The molecule has 1 aliphatic carbocycles. The van der Waals surface area contributed by atoms with Gasteiger partial charge in [0.15, 0.2) is 17.3 Å². The molecule has 6 heteroatoms. The topological polar surface area (TPSA) is 64.6 Å². The molecule has 2 aromatic rings. The van der Waals surface area contributed by atoms with Crippen molar-refractivity contribution in [2.24, 2.45) is 0 Å². The van der Waals surface area contributed by atoms with Crippen LogP contribution in [0.4, 0.5) is 0 Å². The number of benzene rings is 2. The lowest BCUT2D eigenvalue weighted by Crippen LogP contribution is -2.38. The molecule has 1 aliphatic heterocycles. The van der Waals surface area contributed by atoms with E-state index in [0.29, 0.717) is 47.2 Å². The molecule has 2 atom stereocenters. The number of Topliss-reactive ketones (excluding diaryl/α,β-unsaturated/α-hetero) is 1. The van der Waals surface area contributed by atoms with Crippen molar-refractivity contribution in [1.82, 2.24) is 5.32 Å². The standard InChI is InChI=1S/C24H24ClNO4/c1-3-30-21-9-8-14(12-22(21)29-2)15-10-19-24(20(27)11-15)17(13-23(28)26-19)16-6-4-5-7-18(16)25/h4-9,12,15,17H,3,10-11,13H2,1-2H3,(H,26,28)/t15-,17+/m0/s1. The molecule has 0 saturated heterocycles. The first-order chi connectivity index (χ1) is 14.5. The summed E-state index contributed by atoms with van der Waals surface area (Å²) in [6, 6.07) is 13.2. The van der Waals surface area contributed by atoms with Gasteiger partial charge in [-0.1, -0.05) is 35.9 Å². The van der Waals surface area contributed by atoms with Crippen molar-refractivity contribution in [3.63, 3.8) is 0 Å². The summed E-state index contributed by atoms with van der Waals surface area (Å²) < 4.78 is 11.1. The van der Waals surface area contributed by atoms with Gasteiger partial charge in [-0.05, 0) is 48.6 Å². The summed E-state index contributed by atoms with van der Waals surface area (Å²) in [5.74, 6) is 0.950. The molecule has 1 amide bonds. The SMILES string of the molecule is CCOc1ccc([C@@H]2CC(=O)C3=C(C2)NC(=O)C[C@@H]3c2ccccc2Cl)cc1OC. The number of allylic oxidation sites excluding steroid dienone is 2. The van der Waals surface area contributed by atoms with Crippen LogP contribution < -0.4 is 14.8 Å². The minimum Gasteiger partial charge on any atom is -0.493 e. The molecule has 0 fully saturated rings. The summed E-state index contributed by atoms with van der Waals surface area (Å²) in [7, 11) is 1.60. The van der Waals surface area contributed by atoms with E-state index >= 15 is 0 Å². The van der Waals surface area contributed by atoms with E-state index in [9.17, 15) is 9.59 Å². The fourth-order valence-corrected chi connectivity index (χ4v) is 4.70. The first-order valence-electron chi connectivity index (χ1n) is 10.1. The van der Waals surface area contributed by atoms with Crippen molar-refractivity contribution in [2.75, 3.05) is 13.7 Å². The van der Waals surface area contributed by atoms with Crippen molar-refractivity contribution >= 4 is 23.3 Å². The van der Waals surface area contributed by atoms with Crippen LogP contribution in [0.3, 0.4) is 0 Å². The first-order valence-corrected chi connectivity index (χ1v) is 10.5. The van der Waals surface area contributed by atoms with Crippen LogP contribution in [-0.2, 0) is 9.59 Å². The van der Waals surface area contributed by atoms with Gasteiger partial charge in [0.2, 0.25) is 5.91 Å². The van der Waals surface area contributed by atoms with Crippen LogP contribution in [0.2, 0.25) is 5.02 Å². The zero-order valence-corrected chi connectivity index (χ0v) is 17.8. The molecule has 0 unspecified atom stereocenters. The quantitative estimate of drug-likeness (QED) is 0.750. The molecule has 1 N–H and O–H groups in total. The maximum Gasteiger partial charge on any atom is 0.225 e. The molecule has 4 rings (SSSR count). The Bertz CT molecular complexity index is 1030. The average Bonchev–Trinajstić information content (AvgIpc) is 2.73. The Hall–Kier alpha value is -2.79. The van der Waals surface area contributed by atoms with Crippen LogP contribution in [0.15, 0.2) is 53.7 Å². The molecule has 0 spiro atoms. The van der Waals surface area contributed by atoms with E-state index in [-0.39, 0.29) is 29.9 Å². The van der Waals surface area contributed by atoms with Crippen molar-refractivity contribution in [1.29, 1.82) is 0 Å². The maximum absolute atomic E-state index is 13.2. The van der Waals surface area contributed by atoms with Crippen molar-refractivity contribution in [3.8, 4) is 11.5 Å². The third-order valence-electron chi connectivity index (χ3n) is 5.78. The lowest BCUT2D eigenvalue weighted by atomic mass is 9.73. The lowest BCUT2D eigenvalue weighted by Gasteiger charge is -2.34. The van der Waals surface area contributed by atoms with Crippen LogP contribution in [0.5, 0.6) is 11.5 Å². The van der Waals surface area contributed by atoms with Gasteiger partial charge in [-0.3, -0.25) is 9.59 Å². The number of carbonyl (C=O) groups is 2. The van der Waals surface area contributed by atoms with Crippen molar-refractivity contribution in [3.05, 3.63) is 69.9 Å². The zero-order valence-electron chi connectivity index (χ0n) is 17.0. The molecule has 1 heterocycles. The first kappa shape index (κ1) is 20.5.